The maximum Gasteiger partial charge on any atom is 0.306 e. The van der Waals surface area contributed by atoms with Gasteiger partial charge in [-0.25, -0.2) is 4.40 Å². The first-order valence-corrected chi connectivity index (χ1v) is 19.0. The van der Waals surface area contributed by atoms with Crippen LogP contribution < -0.4 is 0 Å². The number of carbonyl (C=O) groups is 1. The van der Waals surface area contributed by atoms with E-state index in [2.05, 4.69) is 78.7 Å². The molecular formula is C38H76N2O3S. The molecule has 0 rings (SSSR count). The zero-order valence-corrected chi connectivity index (χ0v) is 32.0. The molecule has 0 heterocycles. The normalized spacial score (nSPS) is 12.9. The highest BCUT2D eigenvalue weighted by atomic mass is 32.1. The molecule has 44 heavy (non-hydrogen) atoms. The second-order valence-electron chi connectivity index (χ2n) is 12.1. The molecule has 0 spiro atoms. The summed E-state index contributed by atoms with van der Waals surface area (Å²) in [6.07, 6.45) is 24.4. The number of hydrogen-bond acceptors (Lipinski definition) is 6. The van der Waals surface area contributed by atoms with Crippen LogP contribution in [0.3, 0.4) is 0 Å². The van der Waals surface area contributed by atoms with Crippen molar-refractivity contribution in [3.05, 3.63) is 11.6 Å². The Morgan fingerprint density at radius 1 is 0.773 bits per heavy atom. The topological polar surface area (TPSA) is 71.7 Å². The number of allylic oxidation sites excluding steroid dienone is 1. The van der Waals surface area contributed by atoms with Gasteiger partial charge in [0.2, 0.25) is 5.90 Å². The van der Waals surface area contributed by atoms with E-state index in [0.29, 0.717) is 30.6 Å². The Bertz CT molecular complexity index is 706. The van der Waals surface area contributed by atoms with Crippen LogP contribution in [-0.4, -0.2) is 30.3 Å². The minimum absolute atomic E-state index is 0.00330. The molecule has 0 amide bonds. The van der Waals surface area contributed by atoms with Gasteiger partial charge >= 0.3 is 5.97 Å². The summed E-state index contributed by atoms with van der Waals surface area (Å²) in [6, 6.07) is 0. The number of carbonyl (C=O) groups excluding carboxylic acids is 1. The molecule has 0 saturated carbocycles. The zero-order chi connectivity index (χ0) is 34.0. The van der Waals surface area contributed by atoms with Crippen molar-refractivity contribution in [1.29, 1.82) is 5.41 Å². The second kappa shape index (κ2) is 36.2. The largest absolute Gasteiger partial charge is 0.477 e. The van der Waals surface area contributed by atoms with Crippen molar-refractivity contribution < 1.29 is 14.3 Å². The maximum atomic E-state index is 12.0. The van der Waals surface area contributed by atoms with Crippen molar-refractivity contribution in [3.63, 3.8) is 0 Å². The smallest absolute Gasteiger partial charge is 0.306 e. The Balaban J connectivity index is -0.000000734. The maximum absolute atomic E-state index is 12.0. The Morgan fingerprint density at radius 3 is 1.70 bits per heavy atom. The Labute approximate surface area is 281 Å². The summed E-state index contributed by atoms with van der Waals surface area (Å²) in [7, 11) is 0. The average Bonchev–Trinajstić information content (AvgIpc) is 3.03. The fraction of sp³-hybridized carbons (Fsp3) is 0.868. The van der Waals surface area contributed by atoms with Crippen molar-refractivity contribution in [2.75, 3.05) is 6.61 Å². The molecule has 262 valence electrons. The van der Waals surface area contributed by atoms with E-state index in [1.807, 2.05) is 13.8 Å². The van der Waals surface area contributed by atoms with Gasteiger partial charge in [0, 0.05) is 6.42 Å². The number of nitrogens with zero attached hydrogens (tertiary/aromatic N) is 1. The molecule has 1 N–H and O–H groups in total. The monoisotopic (exact) mass is 641 g/mol. The molecule has 5 nitrogen and oxygen atoms in total. The number of unbranched alkanes of at least 4 members (excludes halogenated alkanes) is 13. The lowest BCUT2D eigenvalue weighted by Crippen LogP contribution is -2.29. The van der Waals surface area contributed by atoms with Crippen LogP contribution in [0.1, 0.15) is 191 Å². The van der Waals surface area contributed by atoms with Crippen LogP contribution in [0.2, 0.25) is 0 Å². The molecule has 2 unspecified atom stereocenters. The van der Waals surface area contributed by atoms with Crippen molar-refractivity contribution in [2.45, 2.75) is 197 Å². The summed E-state index contributed by atoms with van der Waals surface area (Å²) in [4.78, 5) is 12.0. The van der Waals surface area contributed by atoms with Gasteiger partial charge < -0.3 is 9.47 Å². The predicted octanol–water partition coefficient (Wildman–Crippen LogP) is 12.9. The van der Waals surface area contributed by atoms with Gasteiger partial charge in [-0.1, -0.05) is 165 Å². The molecule has 0 saturated heterocycles. The van der Waals surface area contributed by atoms with Gasteiger partial charge in [-0.2, -0.15) is 0 Å². The van der Waals surface area contributed by atoms with E-state index < -0.39 is 0 Å². The van der Waals surface area contributed by atoms with Gasteiger partial charge in [0.05, 0.1) is 6.61 Å². The molecule has 0 aliphatic carbocycles. The minimum Gasteiger partial charge on any atom is -0.477 e. The third kappa shape index (κ3) is 28.2. The third-order valence-electron chi connectivity index (χ3n) is 7.79. The number of rotatable bonds is 25. The van der Waals surface area contributed by atoms with Crippen LogP contribution in [-0.2, 0) is 14.3 Å². The molecule has 6 heteroatoms. The van der Waals surface area contributed by atoms with Crippen LogP contribution in [0, 0.1) is 17.2 Å². The molecule has 0 bridgehead atoms. The Kier molecular flexibility index (Phi) is 38.7. The lowest BCUT2D eigenvalue weighted by molar-refractivity contribution is -0.154. The number of ether oxygens (including phenoxy) is 2. The average molecular weight is 641 g/mol. The fourth-order valence-electron chi connectivity index (χ4n) is 4.86. The van der Waals surface area contributed by atoms with E-state index in [4.69, 9.17) is 14.9 Å². The van der Waals surface area contributed by atoms with Crippen molar-refractivity contribution in [3.8, 4) is 0 Å². The third-order valence-corrected chi connectivity index (χ3v) is 7.99. The van der Waals surface area contributed by atoms with Crippen molar-refractivity contribution in [2.24, 2.45) is 16.2 Å². The minimum atomic E-state index is 0.00330. The first-order valence-electron chi connectivity index (χ1n) is 18.6. The van der Waals surface area contributed by atoms with Crippen LogP contribution in [0.15, 0.2) is 16.0 Å². The molecule has 0 fully saturated rings. The quantitative estimate of drug-likeness (QED) is 0.0343. The van der Waals surface area contributed by atoms with Crippen LogP contribution in [0.5, 0.6) is 0 Å². The van der Waals surface area contributed by atoms with Gasteiger partial charge in [-0.3, -0.25) is 10.2 Å². The number of hydrogen-bond donors (Lipinski definition) is 2. The molecule has 0 aromatic heterocycles. The summed E-state index contributed by atoms with van der Waals surface area (Å²) in [5, 5.41) is 7.95. The molecule has 0 aromatic carbocycles. The first-order chi connectivity index (χ1) is 21.2. The van der Waals surface area contributed by atoms with Crippen molar-refractivity contribution >= 4 is 30.4 Å². The van der Waals surface area contributed by atoms with Gasteiger partial charge in [-0.15, -0.1) is 0 Å². The number of thiol groups is 1. The van der Waals surface area contributed by atoms with Crippen molar-refractivity contribution in [1.82, 2.24) is 0 Å². The predicted molar refractivity (Wildman–Crippen MR) is 200 cm³/mol. The summed E-state index contributed by atoms with van der Waals surface area (Å²) in [5.41, 5.74) is 1.63. The second-order valence-corrected chi connectivity index (χ2v) is 12.3. The van der Waals surface area contributed by atoms with E-state index in [9.17, 15) is 4.79 Å². The van der Waals surface area contributed by atoms with E-state index in [0.717, 1.165) is 50.5 Å². The van der Waals surface area contributed by atoms with Gasteiger partial charge in [-0.05, 0) is 55.9 Å². The highest BCUT2D eigenvalue weighted by Crippen LogP contribution is 2.21. The molecule has 2 atom stereocenters. The first kappa shape index (κ1) is 47.1. The standard InChI is InChI=1S/C21H42O2.C15H28N2OS.C2H6/c1-6-8-9-10-11-12-13-14-15-16-17-20(22)23-21(18(3)4)19(5)7-2;1-4-7-9-10-12-18-15(16)14(17-19)13(6-3)11-8-5-2;1-2/h18-19,21H,6-17H2,1-5H3;11,16,19H,4-10,12H2,1-3H3;1-2H3/b;13-11+,16-15?,17-14-;. The molecule has 0 aliphatic heterocycles. The van der Waals surface area contributed by atoms with Crippen LogP contribution in [0.25, 0.3) is 0 Å². The molecule has 0 aliphatic rings. The zero-order valence-electron chi connectivity index (χ0n) is 31.1. The van der Waals surface area contributed by atoms with Gasteiger partial charge in [0.1, 0.15) is 11.8 Å². The number of esters is 1. The highest BCUT2D eigenvalue weighted by Gasteiger charge is 2.23. The molecular weight excluding hydrogens is 564 g/mol. The number of nitrogens with one attached hydrogen (secondary N) is 1. The summed E-state index contributed by atoms with van der Waals surface area (Å²) in [5.74, 6) is 1.01. The summed E-state index contributed by atoms with van der Waals surface area (Å²) in [6.45, 7) is 21.9. The van der Waals surface area contributed by atoms with E-state index in [1.54, 1.807) is 0 Å². The molecule has 0 radical (unpaired) electrons. The lowest BCUT2D eigenvalue weighted by Gasteiger charge is -2.26. The van der Waals surface area contributed by atoms with E-state index in [-0.39, 0.29) is 18.0 Å². The van der Waals surface area contributed by atoms with Crippen LogP contribution in [0.4, 0.5) is 0 Å². The lowest BCUT2D eigenvalue weighted by atomic mass is 9.92. The SMILES string of the molecule is CC.CCC/C=C(CC)/C(=N/S)C(=N)OCCCCCC.CCCCCCCCCCCCC(=O)OC(C(C)C)C(C)CC. The van der Waals surface area contributed by atoms with Gasteiger partial charge in [0.15, 0.2) is 0 Å². The van der Waals surface area contributed by atoms with E-state index >= 15 is 0 Å². The molecule has 0 aromatic rings. The Hall–Kier alpha value is -1.30. The van der Waals surface area contributed by atoms with E-state index in [1.165, 1.54) is 70.6 Å². The summed E-state index contributed by atoms with van der Waals surface area (Å²) >= 11 is 3.98. The fourth-order valence-corrected chi connectivity index (χ4v) is 5.08. The highest BCUT2D eigenvalue weighted by molar-refractivity contribution is 7.79. The van der Waals surface area contributed by atoms with Gasteiger partial charge in [0.25, 0.3) is 0 Å². The summed E-state index contributed by atoms with van der Waals surface area (Å²) < 4.78 is 15.1. The Morgan fingerprint density at radius 2 is 1.27 bits per heavy atom. The van der Waals surface area contributed by atoms with Crippen LogP contribution >= 0.6 is 12.8 Å².